The maximum absolute atomic E-state index is 12.2. The number of nitrogens with two attached hydrogens (primary N) is 1. The third-order valence-corrected chi connectivity index (χ3v) is 5.53. The number of anilines is 1. The Hall–Kier alpha value is -2.38. The number of nitrogens with zero attached hydrogens (tertiary/aromatic N) is 4. The van der Waals surface area contributed by atoms with Crippen LogP contribution in [0.4, 0.5) is 5.82 Å². The second kappa shape index (κ2) is 7.70. The highest BCUT2D eigenvalue weighted by molar-refractivity contribution is 14.1. The second-order valence-electron chi connectivity index (χ2n) is 5.73. The minimum Gasteiger partial charge on any atom is -0.492 e. The maximum atomic E-state index is 12.2. The number of aromatic nitrogens is 3. The van der Waals surface area contributed by atoms with Gasteiger partial charge in [0.15, 0.2) is 5.43 Å². The van der Waals surface area contributed by atoms with Crippen molar-refractivity contribution < 1.29 is 4.74 Å². The highest BCUT2D eigenvalue weighted by Crippen LogP contribution is 2.38. The molecule has 3 rings (SSSR count). The van der Waals surface area contributed by atoms with Gasteiger partial charge in [0.2, 0.25) is 0 Å². The van der Waals surface area contributed by atoms with E-state index in [4.69, 9.17) is 22.1 Å². The number of hydrogen-bond donors (Lipinski definition) is 1. The highest BCUT2D eigenvalue weighted by atomic mass is 127. The van der Waals surface area contributed by atoms with E-state index in [1.165, 1.54) is 12.4 Å². The first-order valence-electron chi connectivity index (χ1n) is 8.06. The Morgan fingerprint density at radius 1 is 1.48 bits per heavy atom. The van der Waals surface area contributed by atoms with E-state index < -0.39 is 0 Å². The minimum atomic E-state index is -0.289. The fourth-order valence-electron chi connectivity index (χ4n) is 2.91. The van der Waals surface area contributed by atoms with Gasteiger partial charge >= 0.3 is 0 Å². The van der Waals surface area contributed by atoms with Crippen LogP contribution in [0.2, 0.25) is 5.02 Å². The summed E-state index contributed by atoms with van der Waals surface area (Å²) in [6.07, 6.45) is 2.97. The van der Waals surface area contributed by atoms with E-state index in [0.717, 1.165) is 5.56 Å². The first-order chi connectivity index (χ1) is 12.9. The molecule has 2 heterocycles. The van der Waals surface area contributed by atoms with Crippen molar-refractivity contribution in [3.8, 4) is 11.8 Å². The van der Waals surface area contributed by atoms with Gasteiger partial charge in [-0.2, -0.15) is 5.26 Å². The van der Waals surface area contributed by atoms with Gasteiger partial charge < -0.3 is 15.0 Å². The normalized spacial score (nSPS) is 12.0. The lowest BCUT2D eigenvalue weighted by atomic mass is 10.0. The third kappa shape index (κ3) is 3.33. The summed E-state index contributed by atoms with van der Waals surface area (Å²) in [7, 11) is 0. The van der Waals surface area contributed by atoms with Gasteiger partial charge in [-0.3, -0.25) is 4.79 Å². The Balaban J connectivity index is 2.29. The molecule has 0 spiro atoms. The smallest absolute Gasteiger partial charge is 0.194 e. The average Bonchev–Trinajstić information content (AvgIpc) is 2.64. The van der Waals surface area contributed by atoms with Crippen molar-refractivity contribution in [2.24, 2.45) is 0 Å². The number of nitriles is 1. The number of hydrogen-bond acceptors (Lipinski definition) is 6. The molecule has 2 N–H and O–H groups in total. The molecule has 0 aliphatic heterocycles. The van der Waals surface area contributed by atoms with E-state index in [-0.39, 0.29) is 22.7 Å². The summed E-state index contributed by atoms with van der Waals surface area (Å²) in [4.78, 5) is 20.4. The number of rotatable bonds is 4. The number of ether oxygens (including phenoxy) is 1. The van der Waals surface area contributed by atoms with Gasteiger partial charge in [-0.05, 0) is 42.5 Å². The SMILES string of the molecule is CCOc1c(C(C)n2ccc(=O)c3c(N)ncnc32)cc(Cl)c(C#N)c1I. The topological polar surface area (TPSA) is 107 Å². The minimum absolute atomic E-state index is 0.129. The molecule has 0 fully saturated rings. The number of nitrogen functional groups attached to an aromatic ring is 1. The van der Waals surface area contributed by atoms with Gasteiger partial charge in [0.1, 0.15) is 35.0 Å². The summed E-state index contributed by atoms with van der Waals surface area (Å²) in [5, 5.41) is 9.98. The summed E-state index contributed by atoms with van der Waals surface area (Å²) < 4.78 is 8.27. The monoisotopic (exact) mass is 495 g/mol. The summed E-state index contributed by atoms with van der Waals surface area (Å²) in [5.41, 5.74) is 7.19. The van der Waals surface area contributed by atoms with Crippen molar-refractivity contribution in [2.45, 2.75) is 19.9 Å². The van der Waals surface area contributed by atoms with Crippen LogP contribution < -0.4 is 15.9 Å². The molecule has 9 heteroatoms. The number of fused-ring (bicyclic) bond motifs is 1. The summed E-state index contributed by atoms with van der Waals surface area (Å²) in [6.45, 7) is 4.23. The maximum Gasteiger partial charge on any atom is 0.194 e. The van der Waals surface area contributed by atoms with Gasteiger partial charge in [-0.25, -0.2) is 9.97 Å². The zero-order valence-electron chi connectivity index (χ0n) is 14.5. The lowest BCUT2D eigenvalue weighted by molar-refractivity contribution is 0.330. The third-order valence-electron chi connectivity index (χ3n) is 4.20. The van der Waals surface area contributed by atoms with E-state index in [1.807, 2.05) is 18.4 Å². The van der Waals surface area contributed by atoms with Crippen LogP contribution in [0.15, 0.2) is 29.5 Å². The van der Waals surface area contributed by atoms with Crippen molar-refractivity contribution >= 4 is 51.0 Å². The number of halogens is 2. The van der Waals surface area contributed by atoms with Crippen LogP contribution in [0.3, 0.4) is 0 Å². The Labute approximate surface area is 173 Å². The molecule has 138 valence electrons. The lowest BCUT2D eigenvalue weighted by Crippen LogP contribution is -2.17. The lowest BCUT2D eigenvalue weighted by Gasteiger charge is -2.22. The van der Waals surface area contributed by atoms with Crippen LogP contribution in [0, 0.1) is 14.9 Å². The summed E-state index contributed by atoms with van der Waals surface area (Å²) >= 11 is 8.38. The van der Waals surface area contributed by atoms with Crippen molar-refractivity contribution in [3.63, 3.8) is 0 Å². The van der Waals surface area contributed by atoms with Gasteiger partial charge in [-0.1, -0.05) is 11.6 Å². The quantitative estimate of drug-likeness (QED) is 0.555. The predicted octanol–water partition coefficient (Wildman–Crippen LogP) is 3.51. The fourth-order valence-corrected chi connectivity index (χ4v) is 4.20. The molecule has 27 heavy (non-hydrogen) atoms. The molecule has 0 saturated heterocycles. The molecule has 0 saturated carbocycles. The van der Waals surface area contributed by atoms with Crippen LogP contribution in [0.1, 0.15) is 31.0 Å². The number of pyridine rings is 1. The summed E-state index contributed by atoms with van der Waals surface area (Å²) in [5.74, 6) is 0.712. The standard InChI is InChI=1S/C18H15ClIN5O2/c1-3-27-16-10(6-12(19)11(7-21)15(16)20)9(2)25-5-4-13(26)14-17(22)23-8-24-18(14)25/h4-6,8-9H,3H2,1-2H3,(H2,22,23,24). The van der Waals surface area contributed by atoms with E-state index in [2.05, 4.69) is 38.6 Å². The molecule has 1 atom stereocenters. The van der Waals surface area contributed by atoms with Crippen LogP contribution in [0.25, 0.3) is 11.0 Å². The van der Waals surface area contributed by atoms with Gasteiger partial charge in [-0.15, -0.1) is 0 Å². The Kier molecular flexibility index (Phi) is 5.53. The van der Waals surface area contributed by atoms with Gasteiger partial charge in [0.05, 0.1) is 26.8 Å². The van der Waals surface area contributed by atoms with Crippen LogP contribution in [-0.2, 0) is 0 Å². The zero-order chi connectivity index (χ0) is 19.7. The van der Waals surface area contributed by atoms with Gasteiger partial charge in [0, 0.05) is 17.8 Å². The molecule has 1 unspecified atom stereocenters. The fraction of sp³-hybridized carbons (Fsp3) is 0.222. The first kappa shape index (κ1) is 19.4. The van der Waals surface area contributed by atoms with E-state index in [9.17, 15) is 10.1 Å². The van der Waals surface area contributed by atoms with E-state index in [0.29, 0.717) is 32.2 Å². The summed E-state index contributed by atoms with van der Waals surface area (Å²) in [6, 6.07) is 4.96. The van der Waals surface area contributed by atoms with Gasteiger partial charge in [0.25, 0.3) is 0 Å². The molecular weight excluding hydrogens is 481 g/mol. The van der Waals surface area contributed by atoms with Crippen molar-refractivity contribution in [3.05, 3.63) is 54.6 Å². The molecule has 2 aromatic heterocycles. The van der Waals surface area contributed by atoms with Crippen LogP contribution in [0.5, 0.6) is 5.75 Å². The van der Waals surface area contributed by atoms with E-state index in [1.54, 1.807) is 12.3 Å². The van der Waals surface area contributed by atoms with Crippen molar-refractivity contribution in [1.29, 1.82) is 5.26 Å². The first-order valence-corrected chi connectivity index (χ1v) is 9.52. The molecule has 0 bridgehead atoms. The zero-order valence-corrected chi connectivity index (χ0v) is 17.4. The van der Waals surface area contributed by atoms with Crippen LogP contribution >= 0.6 is 34.2 Å². The Morgan fingerprint density at radius 3 is 2.89 bits per heavy atom. The van der Waals surface area contributed by atoms with E-state index >= 15 is 0 Å². The van der Waals surface area contributed by atoms with Crippen LogP contribution in [-0.4, -0.2) is 21.1 Å². The molecule has 1 aromatic carbocycles. The predicted molar refractivity (Wildman–Crippen MR) is 112 cm³/mol. The average molecular weight is 496 g/mol. The number of benzene rings is 1. The molecule has 3 aromatic rings. The van der Waals surface area contributed by atoms with Crippen molar-refractivity contribution in [2.75, 3.05) is 12.3 Å². The molecule has 0 amide bonds. The molecule has 0 radical (unpaired) electrons. The molecule has 7 nitrogen and oxygen atoms in total. The largest absolute Gasteiger partial charge is 0.492 e. The Bertz CT molecular complexity index is 1140. The van der Waals surface area contributed by atoms with Crippen molar-refractivity contribution in [1.82, 2.24) is 14.5 Å². The molecule has 0 aliphatic carbocycles. The molecule has 0 aliphatic rings. The molecular formula is C18H15ClIN5O2. The highest BCUT2D eigenvalue weighted by Gasteiger charge is 2.23. The second-order valence-corrected chi connectivity index (χ2v) is 7.22. The Morgan fingerprint density at radius 2 is 2.22 bits per heavy atom.